The summed E-state index contributed by atoms with van der Waals surface area (Å²) in [5, 5.41) is 39.2. The highest BCUT2D eigenvalue weighted by molar-refractivity contribution is 5.24. The van der Waals surface area contributed by atoms with Gasteiger partial charge in [0, 0.05) is 13.0 Å². The van der Waals surface area contributed by atoms with Crippen LogP contribution in [0.3, 0.4) is 0 Å². The Kier molecular flexibility index (Phi) is 4.46. The molecular formula is C16H21NO5. The molecule has 5 atom stereocenters. The van der Waals surface area contributed by atoms with Crippen LogP contribution in [0.2, 0.25) is 0 Å². The van der Waals surface area contributed by atoms with E-state index in [9.17, 15) is 20.4 Å². The molecule has 1 saturated heterocycles. The monoisotopic (exact) mass is 307 g/mol. The lowest BCUT2D eigenvalue weighted by molar-refractivity contribution is -0.137. The zero-order valence-corrected chi connectivity index (χ0v) is 12.1. The highest BCUT2D eigenvalue weighted by Gasteiger charge is 2.45. The van der Waals surface area contributed by atoms with Gasteiger partial charge in [0.25, 0.3) is 0 Å². The molecule has 1 aromatic carbocycles. The van der Waals surface area contributed by atoms with Gasteiger partial charge in [0.05, 0.1) is 12.6 Å². The zero-order valence-electron chi connectivity index (χ0n) is 12.1. The number of ether oxygens (including phenoxy) is 1. The second kappa shape index (κ2) is 6.36. The maximum Gasteiger partial charge on any atom is 0.154 e. The van der Waals surface area contributed by atoms with E-state index in [0.29, 0.717) is 5.57 Å². The van der Waals surface area contributed by atoms with E-state index in [1.807, 2.05) is 35.2 Å². The van der Waals surface area contributed by atoms with Gasteiger partial charge in [0.15, 0.2) is 6.23 Å². The van der Waals surface area contributed by atoms with Crippen LogP contribution in [0, 0.1) is 0 Å². The predicted molar refractivity (Wildman–Crippen MR) is 79.2 cm³/mol. The molecule has 6 nitrogen and oxygen atoms in total. The van der Waals surface area contributed by atoms with Gasteiger partial charge >= 0.3 is 0 Å². The van der Waals surface area contributed by atoms with Gasteiger partial charge in [-0.2, -0.15) is 0 Å². The highest BCUT2D eigenvalue weighted by atomic mass is 16.5. The Labute approximate surface area is 128 Å². The molecule has 0 spiro atoms. The normalized spacial score (nSPS) is 35.6. The van der Waals surface area contributed by atoms with Crippen molar-refractivity contribution < 1.29 is 25.2 Å². The average Bonchev–Trinajstić information content (AvgIpc) is 2.53. The third-order valence-electron chi connectivity index (χ3n) is 4.37. The van der Waals surface area contributed by atoms with Crippen LogP contribution in [0.15, 0.2) is 42.0 Å². The van der Waals surface area contributed by atoms with Crippen LogP contribution in [0.5, 0.6) is 5.75 Å². The van der Waals surface area contributed by atoms with Crippen molar-refractivity contribution in [1.82, 2.24) is 4.90 Å². The molecule has 22 heavy (non-hydrogen) atoms. The number of benzene rings is 1. The van der Waals surface area contributed by atoms with Gasteiger partial charge in [-0.15, -0.1) is 0 Å². The number of likely N-dealkylation sites (tertiary alicyclic amines) is 1. The Morgan fingerprint density at radius 2 is 1.82 bits per heavy atom. The summed E-state index contributed by atoms with van der Waals surface area (Å²) in [4.78, 5) is 1.92. The van der Waals surface area contributed by atoms with Crippen molar-refractivity contribution in [3.8, 4) is 5.75 Å². The Balaban J connectivity index is 1.74. The lowest BCUT2D eigenvalue weighted by atomic mass is 9.86. The van der Waals surface area contributed by atoms with Crippen LogP contribution in [-0.2, 0) is 0 Å². The van der Waals surface area contributed by atoms with Gasteiger partial charge in [-0.1, -0.05) is 24.3 Å². The number of aliphatic hydroxyl groups excluding tert-OH is 4. The van der Waals surface area contributed by atoms with Crippen LogP contribution in [0.25, 0.3) is 0 Å². The van der Waals surface area contributed by atoms with Gasteiger partial charge in [-0.25, -0.2) is 0 Å². The Morgan fingerprint density at radius 3 is 2.41 bits per heavy atom. The molecule has 0 aromatic heterocycles. The van der Waals surface area contributed by atoms with Crippen LogP contribution in [0.1, 0.15) is 6.42 Å². The maximum atomic E-state index is 10.2. The molecule has 1 aliphatic heterocycles. The van der Waals surface area contributed by atoms with E-state index >= 15 is 0 Å². The summed E-state index contributed by atoms with van der Waals surface area (Å²) < 4.78 is 5.87. The fourth-order valence-electron chi connectivity index (χ4n) is 2.97. The fourth-order valence-corrected chi connectivity index (χ4v) is 2.97. The largest absolute Gasteiger partial charge is 0.475 e. The number of rotatable bonds is 4. The lowest BCUT2D eigenvalue weighted by Crippen LogP contribution is -2.63. The first-order valence-corrected chi connectivity index (χ1v) is 7.45. The molecule has 1 heterocycles. The van der Waals surface area contributed by atoms with Gasteiger partial charge in [0.1, 0.15) is 24.1 Å². The minimum Gasteiger partial charge on any atom is -0.475 e. The Bertz CT molecular complexity index is 535. The predicted octanol–water partition coefficient (Wildman–Crippen LogP) is -0.519. The summed E-state index contributed by atoms with van der Waals surface area (Å²) in [7, 11) is 0. The molecule has 0 saturated carbocycles. The molecule has 5 unspecified atom stereocenters. The standard InChI is InChI=1S/C16H21NO5/c18-9-10-8-12(15(20)16(21)14(10)19)17-7-6-13(17)22-11-4-2-1-3-5-11/h1-5,8,12-16,18-21H,6-7,9H2. The Morgan fingerprint density at radius 1 is 1.09 bits per heavy atom. The molecule has 1 aromatic rings. The van der Waals surface area contributed by atoms with E-state index in [4.69, 9.17) is 4.74 Å². The minimum absolute atomic E-state index is 0.194. The number of aliphatic hydroxyl groups is 4. The Hall–Kier alpha value is -1.44. The van der Waals surface area contributed by atoms with Crippen LogP contribution in [-0.4, -0.2) is 69.1 Å². The molecule has 1 fully saturated rings. The molecule has 0 amide bonds. The molecule has 0 bridgehead atoms. The van der Waals surface area contributed by atoms with Crippen molar-refractivity contribution in [2.24, 2.45) is 0 Å². The van der Waals surface area contributed by atoms with E-state index < -0.39 is 24.4 Å². The first-order chi connectivity index (χ1) is 10.6. The summed E-state index contributed by atoms with van der Waals surface area (Å²) in [6.45, 7) is 0.372. The molecular weight excluding hydrogens is 286 g/mol. The molecule has 3 rings (SSSR count). The number of hydrogen-bond acceptors (Lipinski definition) is 6. The number of para-hydroxylation sites is 1. The SMILES string of the molecule is OCC1=CC(N2CCC2Oc2ccccc2)C(O)C(O)C1O. The third kappa shape index (κ3) is 2.76. The summed E-state index contributed by atoms with van der Waals surface area (Å²) in [6, 6.07) is 8.92. The molecule has 6 heteroatoms. The zero-order chi connectivity index (χ0) is 15.7. The topological polar surface area (TPSA) is 93.4 Å². The van der Waals surface area contributed by atoms with Crippen molar-refractivity contribution >= 4 is 0 Å². The van der Waals surface area contributed by atoms with Crippen molar-refractivity contribution in [3.05, 3.63) is 42.0 Å². The minimum atomic E-state index is -1.31. The summed E-state index contributed by atoms with van der Waals surface area (Å²) in [5.74, 6) is 0.745. The average molecular weight is 307 g/mol. The van der Waals surface area contributed by atoms with Gasteiger partial charge in [0.2, 0.25) is 0 Å². The van der Waals surface area contributed by atoms with Crippen LogP contribution in [0.4, 0.5) is 0 Å². The van der Waals surface area contributed by atoms with Crippen molar-refractivity contribution in [1.29, 1.82) is 0 Å². The second-order valence-corrected chi connectivity index (χ2v) is 5.73. The van der Waals surface area contributed by atoms with E-state index in [2.05, 4.69) is 0 Å². The van der Waals surface area contributed by atoms with E-state index in [1.165, 1.54) is 0 Å². The molecule has 4 N–H and O–H groups in total. The highest BCUT2D eigenvalue weighted by Crippen LogP contribution is 2.31. The molecule has 1 aliphatic carbocycles. The summed E-state index contributed by atoms with van der Waals surface area (Å²) in [5.41, 5.74) is 0.327. The van der Waals surface area contributed by atoms with Crippen molar-refractivity contribution in [2.45, 2.75) is 37.0 Å². The number of nitrogens with zero attached hydrogens (tertiary/aromatic N) is 1. The first kappa shape index (κ1) is 15.5. The van der Waals surface area contributed by atoms with Crippen molar-refractivity contribution in [2.75, 3.05) is 13.2 Å². The second-order valence-electron chi connectivity index (χ2n) is 5.73. The first-order valence-electron chi connectivity index (χ1n) is 7.45. The molecule has 120 valence electrons. The number of hydrogen-bond donors (Lipinski definition) is 4. The van der Waals surface area contributed by atoms with E-state index in [0.717, 1.165) is 18.7 Å². The maximum absolute atomic E-state index is 10.2. The summed E-state index contributed by atoms with van der Waals surface area (Å²) in [6.07, 6.45) is -1.41. The third-order valence-corrected chi connectivity index (χ3v) is 4.37. The molecule has 0 radical (unpaired) electrons. The van der Waals surface area contributed by atoms with Crippen LogP contribution < -0.4 is 4.74 Å². The van der Waals surface area contributed by atoms with Gasteiger partial charge < -0.3 is 25.2 Å². The lowest BCUT2D eigenvalue weighted by Gasteiger charge is -2.48. The van der Waals surface area contributed by atoms with E-state index in [1.54, 1.807) is 6.08 Å². The van der Waals surface area contributed by atoms with Gasteiger partial charge in [-0.3, -0.25) is 4.90 Å². The molecule has 2 aliphatic rings. The smallest absolute Gasteiger partial charge is 0.154 e. The summed E-state index contributed by atoms with van der Waals surface area (Å²) >= 11 is 0. The van der Waals surface area contributed by atoms with E-state index in [-0.39, 0.29) is 12.8 Å². The fraction of sp³-hybridized carbons (Fsp3) is 0.500. The quantitative estimate of drug-likeness (QED) is 0.560. The van der Waals surface area contributed by atoms with Crippen LogP contribution >= 0.6 is 0 Å². The van der Waals surface area contributed by atoms with Gasteiger partial charge in [-0.05, 0) is 17.7 Å². The van der Waals surface area contributed by atoms with Crippen molar-refractivity contribution in [3.63, 3.8) is 0 Å².